The molecule has 5 heteroatoms. The highest BCUT2D eigenvalue weighted by Crippen LogP contribution is 2.14. The Morgan fingerprint density at radius 2 is 2.11 bits per heavy atom. The molecule has 0 saturated heterocycles. The van der Waals surface area contributed by atoms with E-state index in [4.69, 9.17) is 9.52 Å². The van der Waals surface area contributed by atoms with Gasteiger partial charge in [-0.05, 0) is 18.4 Å². The third-order valence-electron chi connectivity index (χ3n) is 3.23. The van der Waals surface area contributed by atoms with Crippen LogP contribution < -0.4 is 5.32 Å². The molecule has 0 spiro atoms. The van der Waals surface area contributed by atoms with Gasteiger partial charge in [0.2, 0.25) is 0 Å². The maximum atomic E-state index is 12.1. The third-order valence-corrected chi connectivity index (χ3v) is 3.23. The third kappa shape index (κ3) is 3.84. The van der Waals surface area contributed by atoms with E-state index in [1.165, 1.54) is 6.26 Å². The van der Waals surface area contributed by atoms with Crippen molar-refractivity contribution in [3.63, 3.8) is 0 Å². The molecule has 0 saturated carbocycles. The molecule has 1 aromatic heterocycles. The lowest BCUT2D eigenvalue weighted by molar-refractivity contribution is -0.140. The molecule has 1 rings (SSSR count). The summed E-state index contributed by atoms with van der Waals surface area (Å²) in [5.41, 5.74) is 0.427. The predicted molar refractivity (Wildman–Crippen MR) is 71.0 cm³/mol. The van der Waals surface area contributed by atoms with Gasteiger partial charge in [-0.3, -0.25) is 4.79 Å². The molecule has 1 amide bonds. The van der Waals surface area contributed by atoms with Crippen molar-refractivity contribution < 1.29 is 19.1 Å². The highest BCUT2D eigenvalue weighted by molar-refractivity contribution is 5.97. The molecule has 106 valence electrons. The van der Waals surface area contributed by atoms with Crippen molar-refractivity contribution in [3.8, 4) is 0 Å². The molecule has 0 radical (unpaired) electrons. The molecule has 0 bridgehead atoms. The second-order valence-electron chi connectivity index (χ2n) is 4.68. The van der Waals surface area contributed by atoms with Crippen LogP contribution in [0.4, 0.5) is 0 Å². The number of aliphatic carboxylic acids is 1. The smallest absolute Gasteiger partial charge is 0.326 e. The molecule has 0 fully saturated rings. The van der Waals surface area contributed by atoms with Crippen LogP contribution in [0.2, 0.25) is 0 Å². The van der Waals surface area contributed by atoms with Crippen molar-refractivity contribution >= 4 is 11.9 Å². The maximum Gasteiger partial charge on any atom is 0.326 e. The fraction of sp³-hybridized carbons (Fsp3) is 0.571. The summed E-state index contributed by atoms with van der Waals surface area (Å²) in [4.78, 5) is 23.3. The predicted octanol–water partition coefficient (Wildman–Crippen LogP) is 2.46. The lowest BCUT2D eigenvalue weighted by Crippen LogP contribution is -2.45. The summed E-state index contributed by atoms with van der Waals surface area (Å²) < 4.78 is 5.25. The fourth-order valence-corrected chi connectivity index (χ4v) is 1.87. The number of carboxylic acid groups (broad SMARTS) is 1. The number of nitrogens with one attached hydrogen (secondary N) is 1. The number of furan rings is 1. The summed E-state index contributed by atoms with van der Waals surface area (Å²) in [5.74, 6) is -0.913. The molecule has 5 nitrogen and oxygen atoms in total. The minimum absolute atomic E-state index is 0.122. The molecule has 1 aromatic rings. The first-order valence-electron chi connectivity index (χ1n) is 6.61. The van der Waals surface area contributed by atoms with Gasteiger partial charge in [0, 0.05) is 6.42 Å². The Labute approximate surface area is 113 Å². The van der Waals surface area contributed by atoms with Crippen LogP contribution in [0.15, 0.2) is 16.7 Å². The zero-order valence-corrected chi connectivity index (χ0v) is 11.6. The average Bonchev–Trinajstić information content (AvgIpc) is 2.83. The Morgan fingerprint density at radius 1 is 1.42 bits per heavy atom. The van der Waals surface area contributed by atoms with Gasteiger partial charge in [-0.2, -0.15) is 0 Å². The van der Waals surface area contributed by atoms with Gasteiger partial charge in [0.15, 0.2) is 0 Å². The second-order valence-corrected chi connectivity index (χ2v) is 4.68. The van der Waals surface area contributed by atoms with E-state index >= 15 is 0 Å². The number of hydrogen-bond acceptors (Lipinski definition) is 3. The normalized spacial score (nSPS) is 13.8. The summed E-state index contributed by atoms with van der Waals surface area (Å²) in [7, 11) is 0. The molecule has 19 heavy (non-hydrogen) atoms. The molecule has 2 atom stereocenters. The highest BCUT2D eigenvalue weighted by atomic mass is 16.4. The number of aryl methyl sites for hydroxylation is 1. The molecule has 0 unspecified atom stereocenters. The first kappa shape index (κ1) is 15.3. The zero-order valence-electron chi connectivity index (χ0n) is 11.6. The number of amides is 1. The van der Waals surface area contributed by atoms with E-state index in [9.17, 15) is 9.59 Å². The molecule has 0 aromatic carbocycles. The number of carboxylic acids is 1. The average molecular weight is 267 g/mol. The quantitative estimate of drug-likeness (QED) is 0.795. The van der Waals surface area contributed by atoms with Crippen molar-refractivity contribution in [2.45, 2.75) is 46.1 Å². The van der Waals surface area contributed by atoms with Crippen molar-refractivity contribution in [1.29, 1.82) is 0 Å². The van der Waals surface area contributed by atoms with Crippen LogP contribution in [-0.4, -0.2) is 23.0 Å². The van der Waals surface area contributed by atoms with E-state index in [1.807, 2.05) is 13.8 Å². The van der Waals surface area contributed by atoms with Gasteiger partial charge >= 0.3 is 5.97 Å². The number of rotatable bonds is 7. The van der Waals surface area contributed by atoms with Gasteiger partial charge in [0.05, 0.1) is 11.8 Å². The second kappa shape index (κ2) is 6.97. The van der Waals surface area contributed by atoms with Crippen molar-refractivity contribution in [1.82, 2.24) is 5.32 Å². The van der Waals surface area contributed by atoms with Gasteiger partial charge in [-0.15, -0.1) is 0 Å². The van der Waals surface area contributed by atoms with E-state index in [-0.39, 0.29) is 11.8 Å². The van der Waals surface area contributed by atoms with Gasteiger partial charge in [-0.25, -0.2) is 4.79 Å². The molecule has 2 N–H and O–H groups in total. The summed E-state index contributed by atoms with van der Waals surface area (Å²) >= 11 is 0. The van der Waals surface area contributed by atoms with E-state index in [2.05, 4.69) is 5.32 Å². The highest BCUT2D eigenvalue weighted by Gasteiger charge is 2.27. The van der Waals surface area contributed by atoms with Crippen LogP contribution in [-0.2, 0) is 11.2 Å². The molecule has 0 aliphatic rings. The van der Waals surface area contributed by atoms with Gasteiger partial charge in [-0.1, -0.05) is 27.2 Å². The Balaban J connectivity index is 2.82. The zero-order chi connectivity index (χ0) is 14.4. The Kier molecular flexibility index (Phi) is 5.60. The van der Waals surface area contributed by atoms with Gasteiger partial charge < -0.3 is 14.8 Å². The number of hydrogen-bond donors (Lipinski definition) is 2. The van der Waals surface area contributed by atoms with Crippen LogP contribution in [0.25, 0.3) is 0 Å². The number of carbonyl (C=O) groups is 2. The van der Waals surface area contributed by atoms with Crippen LogP contribution >= 0.6 is 0 Å². The molecule has 1 heterocycles. The Bertz CT molecular complexity index is 438. The molecule has 0 aliphatic heterocycles. The van der Waals surface area contributed by atoms with Crippen LogP contribution in [0.1, 0.15) is 49.7 Å². The van der Waals surface area contributed by atoms with Gasteiger partial charge in [0.1, 0.15) is 11.8 Å². The van der Waals surface area contributed by atoms with E-state index in [0.717, 1.165) is 6.42 Å². The monoisotopic (exact) mass is 267 g/mol. The van der Waals surface area contributed by atoms with Crippen LogP contribution in [0.3, 0.4) is 0 Å². The van der Waals surface area contributed by atoms with Gasteiger partial charge in [0.25, 0.3) is 5.91 Å². The maximum absolute atomic E-state index is 12.1. The van der Waals surface area contributed by atoms with E-state index in [1.54, 1.807) is 13.0 Å². The Morgan fingerprint density at radius 3 is 2.63 bits per heavy atom. The first-order valence-corrected chi connectivity index (χ1v) is 6.61. The minimum atomic E-state index is -1.01. The minimum Gasteiger partial charge on any atom is -0.480 e. The Hall–Kier alpha value is -1.78. The lowest BCUT2D eigenvalue weighted by Gasteiger charge is -2.20. The van der Waals surface area contributed by atoms with Crippen molar-refractivity contribution in [2.75, 3.05) is 0 Å². The van der Waals surface area contributed by atoms with E-state index < -0.39 is 12.0 Å². The largest absolute Gasteiger partial charge is 0.480 e. The van der Waals surface area contributed by atoms with E-state index in [0.29, 0.717) is 24.2 Å². The summed E-state index contributed by atoms with van der Waals surface area (Å²) in [6, 6.07) is 0.706. The molecular formula is C14H21NO4. The first-order chi connectivity index (χ1) is 9.01. The standard InChI is InChI=1S/C14H21NO4/c1-4-6-11-10(7-8-19-11)13(16)15-12(14(17)18)9(3)5-2/h7-9,12H,4-6H2,1-3H3,(H,15,16)(H,17,18)/t9-,12-/m0/s1. The topological polar surface area (TPSA) is 79.5 Å². The van der Waals surface area contributed by atoms with Crippen molar-refractivity contribution in [3.05, 3.63) is 23.7 Å². The lowest BCUT2D eigenvalue weighted by atomic mass is 9.99. The molecular weight excluding hydrogens is 246 g/mol. The fourth-order valence-electron chi connectivity index (χ4n) is 1.87. The summed E-state index contributed by atoms with van der Waals surface area (Å²) in [6.07, 6.45) is 3.67. The SMILES string of the molecule is CCCc1occc1C(=O)N[C@H](C(=O)O)[C@@H](C)CC. The summed E-state index contributed by atoms with van der Waals surface area (Å²) in [6.45, 7) is 5.69. The van der Waals surface area contributed by atoms with Crippen molar-refractivity contribution in [2.24, 2.45) is 5.92 Å². The van der Waals surface area contributed by atoms with Crippen LogP contribution in [0, 0.1) is 5.92 Å². The van der Waals surface area contributed by atoms with Crippen LogP contribution in [0.5, 0.6) is 0 Å². The molecule has 0 aliphatic carbocycles. The number of carbonyl (C=O) groups excluding carboxylic acids is 1. The summed E-state index contributed by atoms with van der Waals surface area (Å²) in [5, 5.41) is 11.7.